The molecule has 0 unspecified atom stereocenters. The second kappa shape index (κ2) is 8.81. The highest BCUT2D eigenvalue weighted by Gasteiger charge is 2.28. The third kappa shape index (κ3) is 4.59. The lowest BCUT2D eigenvalue weighted by Crippen LogP contribution is -2.13. The maximum atomic E-state index is 13.4. The molecule has 0 saturated heterocycles. The van der Waals surface area contributed by atoms with Crippen molar-refractivity contribution in [1.82, 2.24) is 4.98 Å². The van der Waals surface area contributed by atoms with Crippen molar-refractivity contribution in [3.63, 3.8) is 0 Å². The number of carbonyl (C=O) groups excluding carboxylic acids is 1. The van der Waals surface area contributed by atoms with Crippen LogP contribution in [0.25, 0.3) is 0 Å². The van der Waals surface area contributed by atoms with Crippen molar-refractivity contribution in [2.24, 2.45) is 4.40 Å². The molecule has 1 aliphatic heterocycles. The number of hydrogen-bond donors (Lipinski definition) is 2. The minimum absolute atomic E-state index is 0.161. The van der Waals surface area contributed by atoms with Crippen LogP contribution in [0.4, 0.5) is 15.2 Å². The molecule has 34 heavy (non-hydrogen) atoms. The van der Waals surface area contributed by atoms with E-state index in [2.05, 4.69) is 20.0 Å². The van der Waals surface area contributed by atoms with Gasteiger partial charge in [0.25, 0.3) is 15.9 Å². The molecule has 1 aromatic heterocycles. The summed E-state index contributed by atoms with van der Waals surface area (Å²) in [5, 5.41) is 6.21. The Morgan fingerprint density at radius 2 is 1.79 bits per heavy atom. The summed E-state index contributed by atoms with van der Waals surface area (Å²) >= 11 is 1.32. The second-order valence-electron chi connectivity index (χ2n) is 7.51. The van der Waals surface area contributed by atoms with Gasteiger partial charge in [0, 0.05) is 34.3 Å². The molecule has 0 saturated carbocycles. The number of carbonyl (C=O) groups is 1. The molecule has 0 radical (unpaired) electrons. The Morgan fingerprint density at radius 3 is 2.59 bits per heavy atom. The lowest BCUT2D eigenvalue weighted by molar-refractivity contribution is 0.102. The number of sulfonamides is 1. The predicted molar refractivity (Wildman–Crippen MR) is 130 cm³/mol. The van der Waals surface area contributed by atoms with E-state index in [9.17, 15) is 17.6 Å². The predicted octanol–water partition coefficient (Wildman–Crippen LogP) is 4.69. The van der Waals surface area contributed by atoms with E-state index >= 15 is 0 Å². The quantitative estimate of drug-likeness (QED) is 0.421. The average molecular weight is 493 g/mol. The molecular weight excluding hydrogens is 475 g/mol. The zero-order valence-electron chi connectivity index (χ0n) is 17.5. The molecule has 7 nitrogen and oxygen atoms in total. The molecule has 0 atom stereocenters. The highest BCUT2D eigenvalue weighted by molar-refractivity contribution is 7.90. The smallest absolute Gasteiger partial charge is 0.285 e. The minimum Gasteiger partial charge on any atom is -0.339 e. The molecule has 3 aromatic carbocycles. The van der Waals surface area contributed by atoms with E-state index in [1.165, 1.54) is 29.5 Å². The van der Waals surface area contributed by atoms with Crippen molar-refractivity contribution in [3.8, 4) is 0 Å². The van der Waals surface area contributed by atoms with Crippen molar-refractivity contribution >= 4 is 43.9 Å². The van der Waals surface area contributed by atoms with Gasteiger partial charge in [0.1, 0.15) is 10.7 Å². The highest BCUT2D eigenvalue weighted by Crippen LogP contribution is 2.27. The molecule has 1 amide bonds. The van der Waals surface area contributed by atoms with E-state index in [4.69, 9.17) is 0 Å². The molecule has 0 spiro atoms. The maximum absolute atomic E-state index is 13.4. The van der Waals surface area contributed by atoms with Gasteiger partial charge >= 0.3 is 0 Å². The number of fused-ring (bicyclic) bond motifs is 1. The monoisotopic (exact) mass is 492 g/mol. The standard InChI is InChI=1S/C24H17FN4O3S2/c25-17-5-3-4-15(12-17)13-19-14-26-24(33-19)28-23(30)16-8-10-18(11-9-16)27-22-20-6-1-2-7-21(20)34(31,32)29-22/h1-12,14H,13H2,(H,27,29)(H,26,28,30). The summed E-state index contributed by atoms with van der Waals surface area (Å²) in [6.07, 6.45) is 2.18. The Bertz CT molecular complexity index is 1530. The third-order valence-electron chi connectivity index (χ3n) is 5.08. The maximum Gasteiger partial charge on any atom is 0.285 e. The van der Waals surface area contributed by atoms with Gasteiger partial charge in [-0.3, -0.25) is 10.1 Å². The number of thiazole rings is 1. The summed E-state index contributed by atoms with van der Waals surface area (Å²) < 4.78 is 41.5. The van der Waals surface area contributed by atoms with Gasteiger partial charge in [0.05, 0.1) is 0 Å². The SMILES string of the molecule is O=C(Nc1ncc(Cc2cccc(F)c2)s1)c1ccc(NC2=NS(=O)(=O)c3ccccc32)cc1. The average Bonchev–Trinajstić information content (AvgIpc) is 3.35. The van der Waals surface area contributed by atoms with Gasteiger partial charge in [-0.2, -0.15) is 8.42 Å². The number of benzene rings is 3. The van der Waals surface area contributed by atoms with Crippen LogP contribution in [0.3, 0.4) is 0 Å². The van der Waals surface area contributed by atoms with Crippen LogP contribution in [0, 0.1) is 5.82 Å². The lowest BCUT2D eigenvalue weighted by atomic mass is 10.1. The van der Waals surface area contributed by atoms with E-state index in [0.717, 1.165) is 10.4 Å². The van der Waals surface area contributed by atoms with E-state index in [1.807, 2.05) is 6.07 Å². The molecule has 1 aliphatic rings. The number of nitrogens with zero attached hydrogens (tertiary/aromatic N) is 2. The molecule has 0 fully saturated rings. The molecule has 5 rings (SSSR count). The van der Waals surface area contributed by atoms with Crippen LogP contribution in [0.5, 0.6) is 0 Å². The Kier molecular flexibility index (Phi) is 5.68. The van der Waals surface area contributed by atoms with Crippen molar-refractivity contribution in [2.45, 2.75) is 11.3 Å². The fourth-order valence-electron chi connectivity index (χ4n) is 3.50. The van der Waals surface area contributed by atoms with Crippen LogP contribution in [0.2, 0.25) is 0 Å². The minimum atomic E-state index is -3.71. The number of halogens is 1. The molecule has 4 aromatic rings. The van der Waals surface area contributed by atoms with Crippen molar-refractivity contribution < 1.29 is 17.6 Å². The Labute approximate surface area is 199 Å². The second-order valence-corrected chi connectivity index (χ2v) is 10.2. The van der Waals surface area contributed by atoms with E-state index in [-0.39, 0.29) is 22.5 Å². The van der Waals surface area contributed by atoms with Gasteiger partial charge < -0.3 is 5.32 Å². The van der Waals surface area contributed by atoms with Crippen molar-refractivity contribution in [2.75, 3.05) is 10.6 Å². The van der Waals surface area contributed by atoms with Crippen LogP contribution >= 0.6 is 11.3 Å². The van der Waals surface area contributed by atoms with E-state index < -0.39 is 10.0 Å². The Hall–Kier alpha value is -3.89. The molecule has 0 bridgehead atoms. The zero-order chi connectivity index (χ0) is 23.7. The number of nitrogens with one attached hydrogen (secondary N) is 2. The first-order valence-corrected chi connectivity index (χ1v) is 12.4. The lowest BCUT2D eigenvalue weighted by Gasteiger charge is -2.07. The number of anilines is 2. The van der Waals surface area contributed by atoms with Crippen LogP contribution < -0.4 is 10.6 Å². The molecular formula is C24H17FN4O3S2. The topological polar surface area (TPSA) is 101 Å². The summed E-state index contributed by atoms with van der Waals surface area (Å²) in [4.78, 5) is 17.9. The molecule has 10 heteroatoms. The van der Waals surface area contributed by atoms with E-state index in [0.29, 0.717) is 28.4 Å². The van der Waals surface area contributed by atoms with Crippen molar-refractivity contribution in [1.29, 1.82) is 0 Å². The van der Waals surface area contributed by atoms with Crippen LogP contribution in [0.15, 0.2) is 88.3 Å². The van der Waals surface area contributed by atoms with Gasteiger partial charge in [-0.25, -0.2) is 9.37 Å². The number of aromatic nitrogens is 1. The van der Waals surface area contributed by atoms with Gasteiger partial charge in [0.2, 0.25) is 0 Å². The summed E-state index contributed by atoms with van der Waals surface area (Å²) in [7, 11) is -3.71. The summed E-state index contributed by atoms with van der Waals surface area (Å²) in [5.74, 6) is -0.384. The number of hydrogen-bond acceptors (Lipinski definition) is 6. The van der Waals surface area contributed by atoms with Crippen molar-refractivity contribution in [3.05, 3.63) is 106 Å². The summed E-state index contributed by atoms with van der Waals surface area (Å²) in [5.41, 5.74) is 2.33. The fraction of sp³-hybridized carbons (Fsp3) is 0.0417. The fourth-order valence-corrected chi connectivity index (χ4v) is 5.52. The van der Waals surface area contributed by atoms with Gasteiger partial charge in [-0.1, -0.05) is 24.3 Å². The number of rotatable bonds is 5. The molecule has 170 valence electrons. The summed E-state index contributed by atoms with van der Waals surface area (Å²) in [6.45, 7) is 0. The summed E-state index contributed by atoms with van der Waals surface area (Å²) in [6, 6.07) is 19.5. The molecule has 2 N–H and O–H groups in total. The Balaban J connectivity index is 1.24. The molecule has 2 heterocycles. The van der Waals surface area contributed by atoms with Gasteiger partial charge in [0.15, 0.2) is 11.0 Å². The highest BCUT2D eigenvalue weighted by atomic mass is 32.2. The van der Waals surface area contributed by atoms with Gasteiger partial charge in [-0.15, -0.1) is 15.7 Å². The normalized spacial score (nSPS) is 13.7. The number of amides is 1. The first kappa shape index (κ1) is 21.9. The third-order valence-corrected chi connectivity index (χ3v) is 7.33. The van der Waals surface area contributed by atoms with Gasteiger partial charge in [-0.05, 0) is 54.1 Å². The van der Waals surface area contributed by atoms with Crippen LogP contribution in [-0.2, 0) is 16.4 Å². The zero-order valence-corrected chi connectivity index (χ0v) is 19.2. The largest absolute Gasteiger partial charge is 0.339 e. The van der Waals surface area contributed by atoms with Crippen LogP contribution in [-0.4, -0.2) is 25.1 Å². The first-order chi connectivity index (χ1) is 16.4. The van der Waals surface area contributed by atoms with E-state index in [1.54, 1.807) is 54.7 Å². The van der Waals surface area contributed by atoms with Crippen LogP contribution in [0.1, 0.15) is 26.4 Å². The molecule has 0 aliphatic carbocycles. The number of amidine groups is 1. The Morgan fingerprint density at radius 1 is 1.00 bits per heavy atom. The first-order valence-electron chi connectivity index (χ1n) is 10.2.